The molecule has 1 aromatic heterocycles. The molecule has 0 saturated heterocycles. The molecule has 2 aromatic rings. The second-order valence-electron chi connectivity index (χ2n) is 6.21. The van der Waals surface area contributed by atoms with E-state index in [1.54, 1.807) is 25.1 Å². The summed E-state index contributed by atoms with van der Waals surface area (Å²) in [5.41, 5.74) is 5.19. The van der Waals surface area contributed by atoms with Gasteiger partial charge in [-0.25, -0.2) is 17.7 Å². The van der Waals surface area contributed by atoms with Crippen LogP contribution in [0.2, 0.25) is 0 Å². The van der Waals surface area contributed by atoms with Crippen LogP contribution in [-0.4, -0.2) is 37.8 Å². The van der Waals surface area contributed by atoms with Crippen molar-refractivity contribution in [3.05, 3.63) is 41.3 Å². The number of alkyl halides is 3. The minimum Gasteiger partial charge on any atom is -0.406 e. The topological polar surface area (TPSA) is 85.0 Å². The number of aliphatic imine (C=N–C) groups is 1. The van der Waals surface area contributed by atoms with Crippen molar-refractivity contribution in [3.8, 4) is 16.2 Å². The van der Waals surface area contributed by atoms with Gasteiger partial charge in [0, 0.05) is 16.8 Å². The van der Waals surface area contributed by atoms with Crippen molar-refractivity contribution >= 4 is 27.3 Å². The maximum Gasteiger partial charge on any atom is 0.573 e. The third-order valence-corrected chi connectivity index (χ3v) is 7.39. The third-order valence-electron chi connectivity index (χ3n) is 4.05. The maximum atomic E-state index is 12.4. The summed E-state index contributed by atoms with van der Waals surface area (Å²) in [6.45, 7) is 1.66. The molecule has 1 aliphatic heterocycles. The highest BCUT2D eigenvalue weighted by Gasteiger charge is 2.41. The lowest BCUT2D eigenvalue weighted by atomic mass is 10.0. The number of sulfonamides is 1. The predicted octanol–water partition coefficient (Wildman–Crippen LogP) is 3.12. The molecule has 0 fully saturated rings. The summed E-state index contributed by atoms with van der Waals surface area (Å²) in [5, 5.41) is 0. The van der Waals surface area contributed by atoms with Crippen LogP contribution in [0.15, 0.2) is 41.4 Å². The van der Waals surface area contributed by atoms with E-state index in [9.17, 15) is 21.6 Å². The van der Waals surface area contributed by atoms with E-state index in [-0.39, 0.29) is 17.5 Å². The highest BCUT2D eigenvalue weighted by atomic mass is 32.2. The molecule has 0 amide bonds. The number of nitrogens with zero attached hydrogens (tertiary/aromatic N) is 2. The van der Waals surface area contributed by atoms with Crippen molar-refractivity contribution in [1.82, 2.24) is 4.31 Å². The quantitative estimate of drug-likeness (QED) is 0.829. The van der Waals surface area contributed by atoms with Crippen LogP contribution in [-0.2, 0) is 15.6 Å². The smallest absolute Gasteiger partial charge is 0.406 e. The summed E-state index contributed by atoms with van der Waals surface area (Å²) in [5.74, 6) is -0.696. The summed E-state index contributed by atoms with van der Waals surface area (Å²) >= 11 is 1.24. The Hall–Kier alpha value is -2.27. The van der Waals surface area contributed by atoms with Crippen molar-refractivity contribution in [1.29, 1.82) is 0 Å². The van der Waals surface area contributed by atoms with Gasteiger partial charge in [-0.2, -0.15) is 0 Å². The minimum atomic E-state index is -4.78. The van der Waals surface area contributed by atoms with Crippen molar-refractivity contribution < 1.29 is 26.3 Å². The number of hydrogen-bond acceptors (Lipinski definition) is 6. The SMILES string of the molecule is CN1C(N)=N[C@](C)(c2ccc(-c3cccc(OC(F)(F)F)c3)s2)CS1(=O)=O. The fourth-order valence-electron chi connectivity index (χ4n) is 2.71. The Morgan fingerprint density at radius 3 is 2.63 bits per heavy atom. The number of thiophene rings is 1. The molecule has 146 valence electrons. The Morgan fingerprint density at radius 1 is 1.30 bits per heavy atom. The van der Waals surface area contributed by atoms with Crippen molar-refractivity contribution in [3.63, 3.8) is 0 Å². The summed E-state index contributed by atoms with van der Waals surface area (Å²) in [6.07, 6.45) is -4.78. The molecule has 11 heteroatoms. The molecule has 0 saturated carbocycles. The highest BCUT2D eigenvalue weighted by Crippen LogP contribution is 2.40. The van der Waals surface area contributed by atoms with Gasteiger partial charge < -0.3 is 10.5 Å². The van der Waals surface area contributed by atoms with Crippen LogP contribution in [0.4, 0.5) is 13.2 Å². The van der Waals surface area contributed by atoms with Gasteiger partial charge in [-0.05, 0) is 36.8 Å². The number of benzene rings is 1. The minimum absolute atomic E-state index is 0.112. The molecular weight excluding hydrogens is 403 g/mol. The van der Waals surface area contributed by atoms with E-state index in [1.807, 2.05) is 0 Å². The first-order valence-corrected chi connectivity index (χ1v) is 10.1. The van der Waals surface area contributed by atoms with E-state index >= 15 is 0 Å². The molecule has 1 aromatic carbocycles. The molecule has 6 nitrogen and oxygen atoms in total. The first kappa shape index (κ1) is 19.5. The van der Waals surface area contributed by atoms with Crippen molar-refractivity contribution in [2.24, 2.45) is 10.7 Å². The number of nitrogens with two attached hydrogens (primary N) is 1. The van der Waals surface area contributed by atoms with Gasteiger partial charge in [0.1, 0.15) is 11.3 Å². The zero-order valence-electron chi connectivity index (χ0n) is 14.3. The average molecular weight is 419 g/mol. The molecule has 2 N–H and O–H groups in total. The molecule has 1 atom stereocenters. The second kappa shape index (κ2) is 6.41. The van der Waals surface area contributed by atoms with Gasteiger partial charge in [0.05, 0.1) is 5.75 Å². The molecule has 27 heavy (non-hydrogen) atoms. The lowest BCUT2D eigenvalue weighted by Crippen LogP contribution is -2.50. The third kappa shape index (κ3) is 4.03. The Balaban J connectivity index is 1.95. The Labute approximate surface area is 158 Å². The summed E-state index contributed by atoms with van der Waals surface area (Å²) in [7, 11) is -2.28. The molecule has 3 rings (SSSR count). The zero-order chi connectivity index (χ0) is 20.0. The van der Waals surface area contributed by atoms with Gasteiger partial charge in [0.15, 0.2) is 0 Å². The van der Waals surface area contributed by atoms with Crippen LogP contribution in [0.5, 0.6) is 5.75 Å². The van der Waals surface area contributed by atoms with E-state index in [2.05, 4.69) is 9.73 Å². The molecular formula is C16H16F3N3O3S2. The Morgan fingerprint density at radius 2 is 2.00 bits per heavy atom. The fraction of sp³-hybridized carbons (Fsp3) is 0.312. The second-order valence-corrected chi connectivity index (χ2v) is 9.29. The molecule has 2 heterocycles. The van der Waals surface area contributed by atoms with E-state index in [1.165, 1.54) is 36.6 Å². The molecule has 0 spiro atoms. The number of guanidine groups is 1. The van der Waals surface area contributed by atoms with Crippen LogP contribution in [0.25, 0.3) is 10.4 Å². The van der Waals surface area contributed by atoms with Crippen LogP contribution < -0.4 is 10.5 Å². The molecule has 0 unspecified atom stereocenters. The van der Waals surface area contributed by atoms with E-state index < -0.39 is 21.9 Å². The predicted molar refractivity (Wildman–Crippen MR) is 97.0 cm³/mol. The standard InChI is InChI=1S/C16H16F3N3O3S2/c1-15(9-27(23,24)22(2)14(20)21-15)13-7-6-12(26-13)10-4-3-5-11(8-10)25-16(17,18)19/h3-8H,9H2,1-2H3,(H2,20,21)/t15-/m0/s1. The van der Waals surface area contributed by atoms with Crippen LogP contribution in [0.1, 0.15) is 11.8 Å². The lowest BCUT2D eigenvalue weighted by Gasteiger charge is -2.33. The van der Waals surface area contributed by atoms with Crippen LogP contribution >= 0.6 is 11.3 Å². The van der Waals surface area contributed by atoms with Gasteiger partial charge in [-0.1, -0.05) is 12.1 Å². The molecule has 0 radical (unpaired) electrons. The molecule has 0 aliphatic carbocycles. The monoisotopic (exact) mass is 419 g/mol. The van der Waals surface area contributed by atoms with E-state index in [0.717, 1.165) is 4.31 Å². The lowest BCUT2D eigenvalue weighted by molar-refractivity contribution is -0.274. The van der Waals surface area contributed by atoms with Crippen molar-refractivity contribution in [2.45, 2.75) is 18.8 Å². The molecule has 0 bridgehead atoms. The van der Waals surface area contributed by atoms with Crippen molar-refractivity contribution in [2.75, 3.05) is 12.8 Å². The molecule has 1 aliphatic rings. The first-order chi connectivity index (χ1) is 12.4. The van der Waals surface area contributed by atoms with Gasteiger partial charge >= 0.3 is 6.36 Å². The summed E-state index contributed by atoms with van der Waals surface area (Å²) < 4.78 is 66.7. The van der Waals surface area contributed by atoms with Gasteiger partial charge in [0.25, 0.3) is 0 Å². The van der Waals surface area contributed by atoms with E-state index in [0.29, 0.717) is 15.3 Å². The number of halogens is 3. The fourth-order valence-corrected chi connectivity index (χ4v) is 5.34. The maximum absolute atomic E-state index is 12.4. The highest BCUT2D eigenvalue weighted by molar-refractivity contribution is 7.89. The zero-order valence-corrected chi connectivity index (χ0v) is 16.0. The number of hydrogen-bond donors (Lipinski definition) is 1. The summed E-state index contributed by atoms with van der Waals surface area (Å²) in [4.78, 5) is 5.61. The first-order valence-electron chi connectivity index (χ1n) is 7.68. The Kier molecular flexibility index (Phi) is 4.63. The Bertz CT molecular complexity index is 1000. The summed E-state index contributed by atoms with van der Waals surface area (Å²) in [6, 6.07) is 8.98. The van der Waals surface area contributed by atoms with Gasteiger partial charge in [0.2, 0.25) is 16.0 Å². The largest absolute Gasteiger partial charge is 0.573 e. The average Bonchev–Trinajstić information content (AvgIpc) is 3.01. The van der Waals surface area contributed by atoms with Crippen LogP contribution in [0, 0.1) is 0 Å². The van der Waals surface area contributed by atoms with Gasteiger partial charge in [-0.15, -0.1) is 24.5 Å². The number of ether oxygens (including phenoxy) is 1. The van der Waals surface area contributed by atoms with Gasteiger partial charge in [-0.3, -0.25) is 0 Å². The normalized spacial score (nSPS) is 22.4. The van der Waals surface area contributed by atoms with Crippen LogP contribution in [0.3, 0.4) is 0 Å². The number of rotatable bonds is 3. The van der Waals surface area contributed by atoms with E-state index in [4.69, 9.17) is 5.73 Å².